The van der Waals surface area contributed by atoms with Gasteiger partial charge >= 0.3 is 12.2 Å². The molecule has 4 amide bonds. The van der Waals surface area contributed by atoms with Gasteiger partial charge < -0.3 is 10.2 Å². The molecule has 0 aromatic heterocycles. The summed E-state index contributed by atoms with van der Waals surface area (Å²) in [7, 11) is 1.52. The highest BCUT2D eigenvalue weighted by atomic mass is 19.4. The van der Waals surface area contributed by atoms with Crippen molar-refractivity contribution in [3.05, 3.63) is 71.3 Å². The van der Waals surface area contributed by atoms with Gasteiger partial charge in [0.05, 0.1) is 5.56 Å². The predicted octanol–water partition coefficient (Wildman–Crippen LogP) is 3.13. The number of alkyl halides is 3. The minimum atomic E-state index is -4.70. The Morgan fingerprint density at radius 3 is 2.30 bits per heavy atom. The summed E-state index contributed by atoms with van der Waals surface area (Å²) < 4.78 is 40.3. The van der Waals surface area contributed by atoms with Crippen LogP contribution in [0.2, 0.25) is 0 Å². The van der Waals surface area contributed by atoms with E-state index < -0.39 is 41.7 Å². The second kappa shape index (κ2) is 7.81. The van der Waals surface area contributed by atoms with Crippen molar-refractivity contribution in [2.24, 2.45) is 0 Å². The number of carbonyl (C=O) groups excluding carboxylic acids is 3. The number of carbonyl (C=O) groups is 3. The minimum absolute atomic E-state index is 0.261. The normalized spacial score (nSPS) is 19.0. The molecule has 9 heteroatoms. The van der Waals surface area contributed by atoms with E-state index in [9.17, 15) is 27.6 Å². The molecule has 0 saturated carbocycles. The number of hydrogen-bond donors (Lipinski definition) is 1. The van der Waals surface area contributed by atoms with Crippen LogP contribution in [0.3, 0.4) is 0 Å². The van der Waals surface area contributed by atoms with Crippen molar-refractivity contribution in [2.45, 2.75) is 25.2 Å². The number of imide groups is 1. The van der Waals surface area contributed by atoms with Crippen LogP contribution < -0.4 is 5.32 Å². The van der Waals surface area contributed by atoms with E-state index in [1.165, 1.54) is 31.0 Å². The van der Waals surface area contributed by atoms with Crippen molar-refractivity contribution in [1.82, 2.24) is 15.1 Å². The van der Waals surface area contributed by atoms with Gasteiger partial charge in [-0.15, -0.1) is 0 Å². The van der Waals surface area contributed by atoms with Crippen LogP contribution in [0.25, 0.3) is 0 Å². The Balaban J connectivity index is 1.81. The largest absolute Gasteiger partial charge is 0.416 e. The monoisotopic (exact) mass is 419 g/mol. The lowest BCUT2D eigenvalue weighted by Gasteiger charge is -2.26. The first kappa shape index (κ1) is 21.4. The molecule has 158 valence electrons. The van der Waals surface area contributed by atoms with E-state index in [0.29, 0.717) is 4.90 Å². The Kier molecular flexibility index (Phi) is 5.56. The molecule has 1 unspecified atom stereocenters. The van der Waals surface area contributed by atoms with E-state index in [1.54, 1.807) is 0 Å². The molecule has 0 spiro atoms. The number of urea groups is 1. The average molecular weight is 419 g/mol. The van der Waals surface area contributed by atoms with Crippen LogP contribution in [-0.4, -0.2) is 41.2 Å². The lowest BCUT2D eigenvalue weighted by molar-refractivity contribution is -0.141. The van der Waals surface area contributed by atoms with Gasteiger partial charge in [-0.1, -0.05) is 48.5 Å². The van der Waals surface area contributed by atoms with Gasteiger partial charge in [0.1, 0.15) is 12.1 Å². The number of nitrogens with one attached hydrogen (secondary N) is 1. The molecule has 1 atom stereocenters. The summed E-state index contributed by atoms with van der Waals surface area (Å²) in [6, 6.07) is 12.7. The van der Waals surface area contributed by atoms with Gasteiger partial charge in [0.2, 0.25) is 5.91 Å². The Hall–Kier alpha value is -3.36. The molecule has 2 aromatic carbocycles. The van der Waals surface area contributed by atoms with Crippen LogP contribution in [0.15, 0.2) is 54.6 Å². The highest BCUT2D eigenvalue weighted by Gasteiger charge is 2.52. The molecular weight excluding hydrogens is 399 g/mol. The second-order valence-corrected chi connectivity index (χ2v) is 7.23. The number of hydrogen-bond acceptors (Lipinski definition) is 3. The van der Waals surface area contributed by atoms with E-state index in [1.807, 2.05) is 30.3 Å². The van der Waals surface area contributed by atoms with Crippen molar-refractivity contribution in [2.75, 3.05) is 13.6 Å². The van der Waals surface area contributed by atoms with E-state index in [0.717, 1.165) is 17.7 Å². The van der Waals surface area contributed by atoms with Gasteiger partial charge in [0, 0.05) is 13.6 Å². The van der Waals surface area contributed by atoms with Gasteiger partial charge in [-0.25, -0.2) is 4.79 Å². The molecule has 1 aliphatic rings. The molecule has 1 N–H and O–H groups in total. The highest BCUT2D eigenvalue weighted by molar-refractivity contribution is 6.09. The maximum atomic E-state index is 13.4. The SMILES string of the molecule is CN(Cc1ccccc1)C(=O)CN1C(=O)NC(C)(c2ccccc2C(F)(F)F)C1=O. The molecule has 3 rings (SSSR count). The third kappa shape index (κ3) is 4.00. The first-order valence-corrected chi connectivity index (χ1v) is 9.12. The third-order valence-corrected chi connectivity index (χ3v) is 5.03. The van der Waals surface area contributed by atoms with Gasteiger partial charge in [-0.2, -0.15) is 13.2 Å². The number of likely N-dealkylation sites (N-methyl/N-ethyl adjacent to an activating group) is 1. The Labute approximate surface area is 171 Å². The van der Waals surface area contributed by atoms with Gasteiger partial charge in [-0.05, 0) is 24.1 Å². The van der Waals surface area contributed by atoms with E-state index >= 15 is 0 Å². The minimum Gasteiger partial charge on any atom is -0.340 e. The molecule has 1 saturated heterocycles. The molecule has 1 heterocycles. The van der Waals surface area contributed by atoms with Gasteiger partial charge in [-0.3, -0.25) is 14.5 Å². The van der Waals surface area contributed by atoms with Crippen LogP contribution in [0.4, 0.5) is 18.0 Å². The smallest absolute Gasteiger partial charge is 0.340 e. The van der Waals surface area contributed by atoms with Crippen molar-refractivity contribution in [3.63, 3.8) is 0 Å². The van der Waals surface area contributed by atoms with Crippen LogP contribution >= 0.6 is 0 Å². The molecule has 30 heavy (non-hydrogen) atoms. The summed E-state index contributed by atoms with van der Waals surface area (Å²) in [5, 5.41) is 2.32. The van der Waals surface area contributed by atoms with Gasteiger partial charge in [0.15, 0.2) is 0 Å². The zero-order valence-electron chi connectivity index (χ0n) is 16.4. The van der Waals surface area contributed by atoms with Crippen molar-refractivity contribution < 1.29 is 27.6 Å². The molecule has 1 fully saturated rings. The third-order valence-electron chi connectivity index (χ3n) is 5.03. The zero-order chi connectivity index (χ0) is 22.1. The summed E-state index contributed by atoms with van der Waals surface area (Å²) in [5.74, 6) is -1.43. The predicted molar refractivity (Wildman–Crippen MR) is 102 cm³/mol. The fraction of sp³-hybridized carbons (Fsp3) is 0.286. The van der Waals surface area contributed by atoms with E-state index in [-0.39, 0.29) is 12.1 Å². The zero-order valence-corrected chi connectivity index (χ0v) is 16.4. The first-order valence-electron chi connectivity index (χ1n) is 9.12. The van der Waals surface area contributed by atoms with Crippen LogP contribution in [-0.2, 0) is 27.8 Å². The maximum Gasteiger partial charge on any atom is 0.416 e. The number of rotatable bonds is 5. The molecule has 1 aliphatic heterocycles. The number of halogens is 3. The molecule has 0 bridgehead atoms. The summed E-state index contributed by atoms with van der Waals surface area (Å²) in [6.07, 6.45) is -4.70. The van der Waals surface area contributed by atoms with Crippen LogP contribution in [0.5, 0.6) is 0 Å². The quantitative estimate of drug-likeness (QED) is 0.757. The summed E-state index contributed by atoms with van der Waals surface area (Å²) >= 11 is 0. The van der Waals surface area contributed by atoms with Crippen molar-refractivity contribution in [1.29, 1.82) is 0 Å². The van der Waals surface area contributed by atoms with E-state index in [4.69, 9.17) is 0 Å². The second-order valence-electron chi connectivity index (χ2n) is 7.23. The molecule has 0 radical (unpaired) electrons. The summed E-state index contributed by atoms with van der Waals surface area (Å²) in [4.78, 5) is 39.9. The van der Waals surface area contributed by atoms with Crippen molar-refractivity contribution in [3.8, 4) is 0 Å². The number of nitrogens with zero attached hydrogens (tertiary/aromatic N) is 2. The first-order chi connectivity index (χ1) is 14.0. The topological polar surface area (TPSA) is 69.7 Å². The Morgan fingerprint density at radius 1 is 1.07 bits per heavy atom. The molecule has 2 aromatic rings. The van der Waals surface area contributed by atoms with Crippen LogP contribution in [0, 0.1) is 0 Å². The fourth-order valence-electron chi connectivity index (χ4n) is 3.39. The standard InChI is InChI=1S/C21H20F3N3O3/c1-20(15-10-6-7-11-16(15)21(22,23)24)18(29)27(19(30)25-20)13-17(28)26(2)12-14-8-4-3-5-9-14/h3-11H,12-13H2,1-2H3,(H,25,30). The average Bonchev–Trinajstić information content (AvgIpc) is 2.92. The lowest BCUT2D eigenvalue weighted by Crippen LogP contribution is -2.44. The number of benzene rings is 2. The van der Waals surface area contributed by atoms with Crippen molar-refractivity contribution >= 4 is 17.8 Å². The summed E-state index contributed by atoms with van der Waals surface area (Å²) in [5.41, 5.74) is -2.46. The highest BCUT2D eigenvalue weighted by Crippen LogP contribution is 2.39. The number of amides is 4. The molecular formula is C21H20F3N3O3. The Bertz CT molecular complexity index is 978. The van der Waals surface area contributed by atoms with Gasteiger partial charge in [0.25, 0.3) is 5.91 Å². The Morgan fingerprint density at radius 2 is 1.67 bits per heavy atom. The lowest BCUT2D eigenvalue weighted by atomic mass is 9.87. The van der Waals surface area contributed by atoms with Crippen LogP contribution in [0.1, 0.15) is 23.6 Å². The summed E-state index contributed by atoms with van der Waals surface area (Å²) in [6.45, 7) is 0.894. The maximum absolute atomic E-state index is 13.4. The van der Waals surface area contributed by atoms with E-state index in [2.05, 4.69) is 5.32 Å². The molecule has 6 nitrogen and oxygen atoms in total. The molecule has 0 aliphatic carbocycles. The fourth-order valence-corrected chi connectivity index (χ4v) is 3.39.